The molecule has 0 aliphatic carbocycles. The molecule has 0 aromatic carbocycles. The van der Waals surface area contributed by atoms with Gasteiger partial charge in [-0.05, 0) is 31.9 Å². The lowest BCUT2D eigenvalue weighted by Crippen LogP contribution is -2.33. The first kappa shape index (κ1) is 16.0. The maximum Gasteiger partial charge on any atom is 0.149 e. The number of rotatable bonds is 4. The minimum atomic E-state index is 0.0575. The van der Waals surface area contributed by atoms with Crippen molar-refractivity contribution in [2.45, 2.75) is 25.8 Å². The van der Waals surface area contributed by atoms with Gasteiger partial charge in [-0.3, -0.25) is 0 Å². The van der Waals surface area contributed by atoms with Crippen molar-refractivity contribution in [3.05, 3.63) is 16.7 Å². The molecule has 0 bridgehead atoms. The van der Waals surface area contributed by atoms with Gasteiger partial charge in [-0.2, -0.15) is 5.26 Å². The topological polar surface area (TPSA) is 66.6 Å². The Balaban J connectivity index is 2.14. The fraction of sp³-hybridized carbons (Fsp3) is 0.647. The fourth-order valence-electron chi connectivity index (χ4n) is 3.58. The molecule has 2 aliphatic rings. The summed E-state index contributed by atoms with van der Waals surface area (Å²) in [5.41, 5.74) is 3.06. The van der Waals surface area contributed by atoms with Gasteiger partial charge in [0.1, 0.15) is 17.7 Å². The Bertz CT molecular complexity index is 618. The Kier molecular flexibility index (Phi) is 4.69. The number of aromatic nitrogens is 1. The first-order chi connectivity index (χ1) is 11.2. The summed E-state index contributed by atoms with van der Waals surface area (Å²) >= 11 is 0. The standard InChI is InChI=1S/C17H25N5O/c1-20-8-5-13-14(11-18)16(21(2)9-10-23)19-17(15(13)12-20)22-6-3-4-7-22/h23H,3-10,12H2,1-2H3. The number of aliphatic hydroxyl groups is 1. The van der Waals surface area contributed by atoms with Gasteiger partial charge in [0, 0.05) is 45.3 Å². The van der Waals surface area contributed by atoms with Crippen molar-refractivity contribution >= 4 is 11.6 Å². The molecule has 0 radical (unpaired) electrons. The quantitative estimate of drug-likeness (QED) is 0.893. The average Bonchev–Trinajstić information content (AvgIpc) is 3.07. The van der Waals surface area contributed by atoms with E-state index in [-0.39, 0.29) is 6.61 Å². The second-order valence-corrected chi connectivity index (χ2v) is 6.53. The van der Waals surface area contributed by atoms with Crippen LogP contribution in [0.5, 0.6) is 0 Å². The van der Waals surface area contributed by atoms with Gasteiger partial charge in [0.25, 0.3) is 0 Å². The van der Waals surface area contributed by atoms with Gasteiger partial charge in [-0.15, -0.1) is 0 Å². The fourth-order valence-corrected chi connectivity index (χ4v) is 3.58. The Morgan fingerprint density at radius 2 is 2.00 bits per heavy atom. The number of fused-ring (bicyclic) bond motifs is 1. The number of hydrogen-bond donors (Lipinski definition) is 1. The van der Waals surface area contributed by atoms with E-state index in [1.807, 2.05) is 11.9 Å². The predicted molar refractivity (Wildman–Crippen MR) is 90.8 cm³/mol. The second-order valence-electron chi connectivity index (χ2n) is 6.53. The van der Waals surface area contributed by atoms with Gasteiger partial charge >= 0.3 is 0 Å². The molecule has 0 spiro atoms. The Morgan fingerprint density at radius 1 is 1.26 bits per heavy atom. The molecule has 1 aromatic rings. The zero-order chi connectivity index (χ0) is 16.4. The lowest BCUT2D eigenvalue weighted by Gasteiger charge is -2.32. The molecule has 1 fully saturated rings. The maximum atomic E-state index is 9.71. The zero-order valence-electron chi connectivity index (χ0n) is 14.0. The van der Waals surface area contributed by atoms with Gasteiger partial charge < -0.3 is 19.8 Å². The number of pyridine rings is 1. The summed E-state index contributed by atoms with van der Waals surface area (Å²) in [7, 11) is 4.02. The lowest BCUT2D eigenvalue weighted by molar-refractivity contribution is 0.303. The molecule has 6 heteroatoms. The van der Waals surface area contributed by atoms with E-state index in [4.69, 9.17) is 4.98 Å². The monoisotopic (exact) mass is 315 g/mol. The normalized spacial score (nSPS) is 17.9. The molecule has 0 saturated carbocycles. The molecule has 0 atom stereocenters. The van der Waals surface area contributed by atoms with Crippen molar-refractivity contribution in [1.82, 2.24) is 9.88 Å². The number of hydrogen-bond acceptors (Lipinski definition) is 6. The molecule has 1 N–H and O–H groups in total. The summed E-state index contributed by atoms with van der Waals surface area (Å²) in [5, 5.41) is 19.0. The summed E-state index contributed by atoms with van der Waals surface area (Å²) in [6.07, 6.45) is 3.29. The molecule has 6 nitrogen and oxygen atoms in total. The number of aliphatic hydroxyl groups excluding tert-OH is 1. The first-order valence-corrected chi connectivity index (χ1v) is 8.37. The molecule has 0 amide bonds. The highest BCUT2D eigenvalue weighted by Gasteiger charge is 2.28. The van der Waals surface area contributed by atoms with Gasteiger partial charge in [-0.25, -0.2) is 4.98 Å². The van der Waals surface area contributed by atoms with Gasteiger partial charge in [0.2, 0.25) is 0 Å². The minimum absolute atomic E-state index is 0.0575. The largest absolute Gasteiger partial charge is 0.395 e. The summed E-state index contributed by atoms with van der Waals surface area (Å²) < 4.78 is 0. The van der Waals surface area contributed by atoms with Gasteiger partial charge in [0.15, 0.2) is 0 Å². The SMILES string of the molecule is CN1CCc2c(C#N)c(N(C)CCO)nc(N3CCCC3)c2C1. The van der Waals surface area contributed by atoms with Crippen LogP contribution in [0.1, 0.15) is 29.5 Å². The molecular formula is C17H25N5O. The molecule has 3 rings (SSSR count). The smallest absolute Gasteiger partial charge is 0.149 e. The third-order valence-corrected chi connectivity index (χ3v) is 4.86. The van der Waals surface area contributed by atoms with Crippen LogP contribution in [0.4, 0.5) is 11.6 Å². The molecule has 3 heterocycles. The third-order valence-electron chi connectivity index (χ3n) is 4.86. The number of likely N-dealkylation sites (N-methyl/N-ethyl adjacent to an activating group) is 2. The third kappa shape index (κ3) is 2.99. The number of anilines is 2. The number of nitrogens with zero attached hydrogens (tertiary/aromatic N) is 5. The highest BCUT2D eigenvalue weighted by Crippen LogP contribution is 2.35. The summed E-state index contributed by atoms with van der Waals surface area (Å²) in [4.78, 5) is 11.4. The van der Waals surface area contributed by atoms with Crippen molar-refractivity contribution in [1.29, 1.82) is 5.26 Å². The molecule has 0 unspecified atom stereocenters. The van der Waals surface area contributed by atoms with Crippen LogP contribution >= 0.6 is 0 Å². The molecule has 2 aliphatic heterocycles. The van der Waals surface area contributed by atoms with Crippen molar-refractivity contribution in [3.63, 3.8) is 0 Å². The van der Waals surface area contributed by atoms with E-state index in [0.717, 1.165) is 44.0 Å². The summed E-state index contributed by atoms with van der Waals surface area (Å²) in [6, 6.07) is 2.37. The molecule has 124 valence electrons. The van der Waals surface area contributed by atoms with Crippen LogP contribution in [0.2, 0.25) is 0 Å². The molecule has 1 aromatic heterocycles. The molecular weight excluding hydrogens is 290 g/mol. The van der Waals surface area contributed by atoms with Crippen LogP contribution in [0.3, 0.4) is 0 Å². The Hall–Kier alpha value is -1.84. The van der Waals surface area contributed by atoms with E-state index in [2.05, 4.69) is 22.9 Å². The van der Waals surface area contributed by atoms with Crippen LogP contribution < -0.4 is 9.80 Å². The van der Waals surface area contributed by atoms with E-state index in [9.17, 15) is 10.4 Å². The van der Waals surface area contributed by atoms with E-state index in [1.165, 1.54) is 18.4 Å². The van der Waals surface area contributed by atoms with Crippen LogP contribution in [0.25, 0.3) is 0 Å². The van der Waals surface area contributed by atoms with Crippen molar-refractivity contribution in [2.75, 3.05) is 56.7 Å². The van der Waals surface area contributed by atoms with Crippen molar-refractivity contribution in [3.8, 4) is 6.07 Å². The van der Waals surface area contributed by atoms with Crippen LogP contribution in [0.15, 0.2) is 0 Å². The van der Waals surface area contributed by atoms with Crippen LogP contribution in [-0.2, 0) is 13.0 Å². The summed E-state index contributed by atoms with van der Waals surface area (Å²) in [6.45, 7) is 4.44. The maximum absolute atomic E-state index is 9.71. The van der Waals surface area contributed by atoms with E-state index in [1.54, 1.807) is 0 Å². The van der Waals surface area contributed by atoms with E-state index < -0.39 is 0 Å². The van der Waals surface area contributed by atoms with Crippen molar-refractivity contribution in [2.24, 2.45) is 0 Å². The number of nitriles is 1. The lowest BCUT2D eigenvalue weighted by atomic mass is 9.95. The van der Waals surface area contributed by atoms with Crippen LogP contribution in [0, 0.1) is 11.3 Å². The van der Waals surface area contributed by atoms with Gasteiger partial charge in [0.05, 0.1) is 12.2 Å². The van der Waals surface area contributed by atoms with E-state index in [0.29, 0.717) is 17.9 Å². The van der Waals surface area contributed by atoms with E-state index >= 15 is 0 Å². The minimum Gasteiger partial charge on any atom is -0.395 e. The Morgan fingerprint density at radius 3 is 2.65 bits per heavy atom. The summed E-state index contributed by atoms with van der Waals surface area (Å²) in [5.74, 6) is 1.76. The van der Waals surface area contributed by atoms with Crippen LogP contribution in [-0.4, -0.2) is 61.9 Å². The highest BCUT2D eigenvalue weighted by molar-refractivity contribution is 5.67. The second kappa shape index (κ2) is 6.73. The average molecular weight is 315 g/mol. The van der Waals surface area contributed by atoms with Gasteiger partial charge in [-0.1, -0.05) is 0 Å². The van der Waals surface area contributed by atoms with Crippen molar-refractivity contribution < 1.29 is 5.11 Å². The Labute approximate surface area is 137 Å². The molecule has 23 heavy (non-hydrogen) atoms. The molecule has 1 saturated heterocycles. The first-order valence-electron chi connectivity index (χ1n) is 8.37. The highest BCUT2D eigenvalue weighted by atomic mass is 16.3. The predicted octanol–water partition coefficient (Wildman–Crippen LogP) is 0.970. The zero-order valence-corrected chi connectivity index (χ0v) is 14.0.